The molecule has 0 spiro atoms. The third kappa shape index (κ3) is 1.98. The van der Waals surface area contributed by atoms with Crippen molar-refractivity contribution in [3.63, 3.8) is 0 Å². The molecule has 0 bridgehead atoms. The summed E-state index contributed by atoms with van der Waals surface area (Å²) in [5.74, 6) is 1.08. The monoisotopic (exact) mass is 166 g/mol. The van der Waals surface area contributed by atoms with Gasteiger partial charge >= 0.3 is 0 Å². The summed E-state index contributed by atoms with van der Waals surface area (Å²) in [5.41, 5.74) is 1.36. The van der Waals surface area contributed by atoms with Crippen LogP contribution >= 0.6 is 0 Å². The predicted molar refractivity (Wildman–Crippen MR) is 48.4 cm³/mol. The Balaban J connectivity index is 0.000000336. The van der Waals surface area contributed by atoms with Gasteiger partial charge in [0, 0.05) is 7.11 Å². The Labute approximate surface area is 72.8 Å². The first-order chi connectivity index (χ1) is 5.97. The van der Waals surface area contributed by atoms with E-state index in [9.17, 15) is 0 Å². The number of aryl methyl sites for hydroxylation is 1. The first-order valence-electron chi connectivity index (χ1n) is 4.12. The Hall–Kier alpha value is -1.02. The molecule has 0 aromatic heterocycles. The maximum Gasteiger partial charge on any atom is 0.122 e. The molecule has 0 radical (unpaired) electrons. The molecule has 1 aromatic rings. The van der Waals surface area contributed by atoms with Crippen LogP contribution in [0.5, 0.6) is 5.75 Å². The van der Waals surface area contributed by atoms with Crippen LogP contribution in [0.2, 0.25) is 0 Å². The highest BCUT2D eigenvalue weighted by atomic mass is 16.5. The van der Waals surface area contributed by atoms with E-state index >= 15 is 0 Å². The molecule has 0 unspecified atom stereocenters. The van der Waals surface area contributed by atoms with E-state index in [2.05, 4.69) is 12.1 Å². The van der Waals surface area contributed by atoms with Crippen molar-refractivity contribution in [3.8, 4) is 5.75 Å². The summed E-state index contributed by atoms with van der Waals surface area (Å²) in [7, 11) is 1.00. The van der Waals surface area contributed by atoms with Gasteiger partial charge in [0.1, 0.15) is 5.75 Å². The van der Waals surface area contributed by atoms with Gasteiger partial charge in [0.2, 0.25) is 0 Å². The van der Waals surface area contributed by atoms with E-state index in [1.165, 1.54) is 12.0 Å². The second-order valence-electron chi connectivity index (χ2n) is 2.56. The lowest BCUT2D eigenvalue weighted by atomic mass is 10.1. The zero-order chi connectivity index (χ0) is 8.81. The molecule has 1 aliphatic heterocycles. The fourth-order valence-corrected chi connectivity index (χ4v) is 1.30. The van der Waals surface area contributed by atoms with Crippen LogP contribution in [0.25, 0.3) is 0 Å². The van der Waals surface area contributed by atoms with Crippen LogP contribution in [-0.2, 0) is 6.42 Å². The van der Waals surface area contributed by atoms with Crippen LogP contribution in [0.1, 0.15) is 12.0 Å². The smallest absolute Gasteiger partial charge is 0.122 e. The molecule has 1 N–H and O–H groups in total. The largest absolute Gasteiger partial charge is 0.493 e. The summed E-state index contributed by atoms with van der Waals surface area (Å²) in [6.45, 7) is 0.886. The Morgan fingerprint density at radius 3 is 2.75 bits per heavy atom. The number of fused-ring (bicyclic) bond motifs is 1. The lowest BCUT2D eigenvalue weighted by Gasteiger charge is -2.15. The summed E-state index contributed by atoms with van der Waals surface area (Å²) < 4.78 is 5.42. The zero-order valence-corrected chi connectivity index (χ0v) is 7.29. The topological polar surface area (TPSA) is 29.5 Å². The second kappa shape index (κ2) is 4.78. The zero-order valence-electron chi connectivity index (χ0n) is 7.29. The lowest BCUT2D eigenvalue weighted by molar-refractivity contribution is 0.288. The van der Waals surface area contributed by atoms with Crippen LogP contribution in [0.4, 0.5) is 0 Å². The molecule has 0 aliphatic carbocycles. The van der Waals surface area contributed by atoms with Crippen molar-refractivity contribution in [2.45, 2.75) is 12.8 Å². The average molecular weight is 166 g/mol. The van der Waals surface area contributed by atoms with E-state index in [4.69, 9.17) is 9.84 Å². The van der Waals surface area contributed by atoms with E-state index in [-0.39, 0.29) is 0 Å². The molecule has 1 heterocycles. The molecule has 1 aliphatic rings. The molecule has 2 nitrogen and oxygen atoms in total. The van der Waals surface area contributed by atoms with Gasteiger partial charge in [-0.05, 0) is 24.5 Å². The summed E-state index contributed by atoms with van der Waals surface area (Å²) >= 11 is 0. The Morgan fingerprint density at radius 1 is 1.25 bits per heavy atom. The van der Waals surface area contributed by atoms with Gasteiger partial charge < -0.3 is 9.84 Å². The molecule has 0 amide bonds. The third-order valence-corrected chi connectivity index (χ3v) is 1.82. The van der Waals surface area contributed by atoms with Gasteiger partial charge in [-0.1, -0.05) is 18.2 Å². The summed E-state index contributed by atoms with van der Waals surface area (Å²) in [4.78, 5) is 0. The van der Waals surface area contributed by atoms with Crippen LogP contribution in [-0.4, -0.2) is 18.8 Å². The normalized spacial score (nSPS) is 13.5. The van der Waals surface area contributed by atoms with Crippen molar-refractivity contribution in [2.75, 3.05) is 13.7 Å². The number of aliphatic hydroxyl groups excluding tert-OH is 1. The number of rotatable bonds is 0. The van der Waals surface area contributed by atoms with Crippen molar-refractivity contribution >= 4 is 0 Å². The van der Waals surface area contributed by atoms with Crippen LogP contribution in [0.15, 0.2) is 24.3 Å². The fourth-order valence-electron chi connectivity index (χ4n) is 1.30. The molecule has 1 aromatic carbocycles. The van der Waals surface area contributed by atoms with Gasteiger partial charge in [0.05, 0.1) is 6.61 Å². The third-order valence-electron chi connectivity index (χ3n) is 1.82. The molecule has 0 saturated heterocycles. The number of aliphatic hydroxyl groups is 1. The highest BCUT2D eigenvalue weighted by Gasteiger charge is 2.06. The van der Waals surface area contributed by atoms with Gasteiger partial charge in [-0.3, -0.25) is 0 Å². The molecule has 2 rings (SSSR count). The van der Waals surface area contributed by atoms with Gasteiger partial charge in [-0.15, -0.1) is 0 Å². The minimum Gasteiger partial charge on any atom is -0.493 e. The summed E-state index contributed by atoms with van der Waals surface area (Å²) in [5, 5.41) is 7.00. The van der Waals surface area contributed by atoms with Crippen molar-refractivity contribution < 1.29 is 9.84 Å². The first kappa shape index (κ1) is 9.07. The fraction of sp³-hybridized carbons (Fsp3) is 0.400. The highest BCUT2D eigenvalue weighted by molar-refractivity contribution is 5.34. The molecular weight excluding hydrogens is 152 g/mol. The Kier molecular flexibility index (Phi) is 3.61. The predicted octanol–water partition coefficient (Wildman–Crippen LogP) is 1.62. The van der Waals surface area contributed by atoms with E-state index in [0.717, 1.165) is 25.9 Å². The van der Waals surface area contributed by atoms with Gasteiger partial charge in [0.15, 0.2) is 0 Å². The molecule has 0 fully saturated rings. The SMILES string of the molecule is CO.c1ccc2c(c1)CCCO2. The average Bonchev–Trinajstić information content (AvgIpc) is 2.21. The number of hydrogen-bond donors (Lipinski definition) is 1. The van der Waals surface area contributed by atoms with Crippen LogP contribution in [0, 0.1) is 0 Å². The van der Waals surface area contributed by atoms with Crippen molar-refractivity contribution in [2.24, 2.45) is 0 Å². The first-order valence-corrected chi connectivity index (χ1v) is 4.12. The van der Waals surface area contributed by atoms with E-state index in [1.807, 2.05) is 12.1 Å². The number of hydrogen-bond acceptors (Lipinski definition) is 2. The Morgan fingerprint density at radius 2 is 2.00 bits per heavy atom. The molecular formula is C10H14O2. The Bertz CT molecular complexity index is 208. The van der Waals surface area contributed by atoms with Crippen molar-refractivity contribution in [3.05, 3.63) is 29.8 Å². The number of benzene rings is 1. The molecule has 12 heavy (non-hydrogen) atoms. The summed E-state index contributed by atoms with van der Waals surface area (Å²) in [6, 6.07) is 8.25. The number of para-hydroxylation sites is 1. The molecule has 0 atom stereocenters. The maximum absolute atomic E-state index is 7.00. The van der Waals surface area contributed by atoms with Gasteiger partial charge in [0.25, 0.3) is 0 Å². The van der Waals surface area contributed by atoms with Crippen LogP contribution < -0.4 is 4.74 Å². The summed E-state index contributed by atoms with van der Waals surface area (Å²) in [6.07, 6.45) is 2.34. The minimum absolute atomic E-state index is 0.886. The number of ether oxygens (including phenoxy) is 1. The maximum atomic E-state index is 7.00. The quantitative estimate of drug-likeness (QED) is 0.634. The van der Waals surface area contributed by atoms with Gasteiger partial charge in [-0.2, -0.15) is 0 Å². The molecule has 66 valence electrons. The van der Waals surface area contributed by atoms with Crippen molar-refractivity contribution in [1.29, 1.82) is 0 Å². The van der Waals surface area contributed by atoms with Crippen LogP contribution in [0.3, 0.4) is 0 Å². The van der Waals surface area contributed by atoms with E-state index in [1.54, 1.807) is 0 Å². The second-order valence-corrected chi connectivity index (χ2v) is 2.56. The molecule has 2 heteroatoms. The van der Waals surface area contributed by atoms with Crippen molar-refractivity contribution in [1.82, 2.24) is 0 Å². The minimum atomic E-state index is 0.886. The standard InChI is InChI=1S/C9H10O.CH4O/c1-2-6-9-8(4-1)5-3-7-10-9;1-2/h1-2,4,6H,3,5,7H2;2H,1H3. The van der Waals surface area contributed by atoms with Gasteiger partial charge in [-0.25, -0.2) is 0 Å². The van der Waals surface area contributed by atoms with E-state index in [0.29, 0.717) is 0 Å². The van der Waals surface area contributed by atoms with E-state index < -0.39 is 0 Å². The highest BCUT2D eigenvalue weighted by Crippen LogP contribution is 2.22. The lowest BCUT2D eigenvalue weighted by Crippen LogP contribution is -2.07. The molecule has 0 saturated carbocycles.